The summed E-state index contributed by atoms with van der Waals surface area (Å²) in [5.74, 6) is 0.506. The Morgan fingerprint density at radius 2 is 1.95 bits per heavy atom. The Morgan fingerprint density at radius 3 is 2.60 bits per heavy atom. The van der Waals surface area contributed by atoms with Crippen LogP contribution in [0.15, 0.2) is 30.3 Å². The Kier molecular flexibility index (Phi) is 3.89. The zero-order valence-electron chi connectivity index (χ0n) is 11.6. The van der Waals surface area contributed by atoms with Crippen LogP contribution in [-0.2, 0) is 4.74 Å². The third-order valence-electron chi connectivity index (χ3n) is 2.85. The number of nitrogen functional groups attached to an aromatic ring is 1. The molecule has 1 aromatic heterocycles. The smallest absolute Gasteiger partial charge is 0.339 e. The summed E-state index contributed by atoms with van der Waals surface area (Å²) < 4.78 is 10.3. The fraction of sp³-hybridized carbons (Fsp3) is 0.200. The zero-order valence-corrected chi connectivity index (χ0v) is 11.6. The van der Waals surface area contributed by atoms with E-state index in [2.05, 4.69) is 9.72 Å². The largest absolute Gasteiger partial charge is 0.465 e. The van der Waals surface area contributed by atoms with E-state index < -0.39 is 5.97 Å². The second-order valence-corrected chi connectivity index (χ2v) is 4.42. The van der Waals surface area contributed by atoms with Crippen molar-refractivity contribution in [2.75, 3.05) is 12.8 Å². The molecule has 0 spiro atoms. The maximum atomic E-state index is 11.5. The molecule has 0 amide bonds. The van der Waals surface area contributed by atoms with E-state index >= 15 is 0 Å². The predicted molar refractivity (Wildman–Crippen MR) is 76.0 cm³/mol. The predicted octanol–water partition coefficient (Wildman–Crippen LogP) is 2.86. The Morgan fingerprint density at radius 1 is 1.20 bits per heavy atom. The molecule has 0 saturated carbocycles. The minimum Gasteiger partial charge on any atom is -0.465 e. The lowest BCUT2D eigenvalue weighted by Gasteiger charge is -2.10. The molecule has 0 bridgehead atoms. The zero-order chi connectivity index (χ0) is 14.7. The first-order valence-corrected chi connectivity index (χ1v) is 6.11. The summed E-state index contributed by atoms with van der Waals surface area (Å²) >= 11 is 0. The van der Waals surface area contributed by atoms with Gasteiger partial charge in [0.15, 0.2) is 5.75 Å². The highest BCUT2D eigenvalue weighted by molar-refractivity contribution is 5.90. The molecule has 20 heavy (non-hydrogen) atoms. The summed E-state index contributed by atoms with van der Waals surface area (Å²) in [7, 11) is 1.33. The monoisotopic (exact) mass is 272 g/mol. The van der Waals surface area contributed by atoms with Crippen LogP contribution in [0, 0.1) is 13.8 Å². The number of hydrogen-bond donors (Lipinski definition) is 1. The summed E-state index contributed by atoms with van der Waals surface area (Å²) in [5.41, 5.74) is 8.38. The number of rotatable bonds is 3. The first kappa shape index (κ1) is 13.9. The molecule has 2 N–H and O–H groups in total. The van der Waals surface area contributed by atoms with E-state index in [9.17, 15) is 4.79 Å². The number of pyridine rings is 1. The van der Waals surface area contributed by atoms with E-state index in [0.29, 0.717) is 28.6 Å². The summed E-state index contributed by atoms with van der Waals surface area (Å²) in [6, 6.07) is 8.75. The van der Waals surface area contributed by atoms with E-state index in [1.54, 1.807) is 25.1 Å². The molecule has 0 radical (unpaired) electrons. The second-order valence-electron chi connectivity index (χ2n) is 4.42. The molecule has 0 unspecified atom stereocenters. The van der Waals surface area contributed by atoms with Gasteiger partial charge in [-0.05, 0) is 37.6 Å². The van der Waals surface area contributed by atoms with E-state index in [0.717, 1.165) is 5.56 Å². The van der Waals surface area contributed by atoms with Crippen LogP contribution in [0.25, 0.3) is 0 Å². The quantitative estimate of drug-likeness (QED) is 0.687. The lowest BCUT2D eigenvalue weighted by Crippen LogP contribution is -2.05. The number of ether oxygens (including phenoxy) is 2. The maximum Gasteiger partial charge on any atom is 0.339 e. The van der Waals surface area contributed by atoms with Gasteiger partial charge in [-0.15, -0.1) is 0 Å². The van der Waals surface area contributed by atoms with Crippen LogP contribution in [0.1, 0.15) is 21.6 Å². The molecule has 0 aliphatic carbocycles. The highest BCUT2D eigenvalue weighted by Crippen LogP contribution is 2.27. The molecule has 0 fully saturated rings. The fourth-order valence-electron chi connectivity index (χ4n) is 1.76. The van der Waals surface area contributed by atoms with Crippen molar-refractivity contribution < 1.29 is 14.3 Å². The number of carbonyl (C=O) groups excluding carboxylic acids is 1. The summed E-state index contributed by atoms with van der Waals surface area (Å²) in [6.07, 6.45) is 0. The molecule has 1 aromatic carbocycles. The van der Waals surface area contributed by atoms with E-state index in [4.69, 9.17) is 10.5 Å². The Hall–Kier alpha value is -2.56. The van der Waals surface area contributed by atoms with Crippen molar-refractivity contribution in [1.82, 2.24) is 4.98 Å². The van der Waals surface area contributed by atoms with E-state index in [-0.39, 0.29) is 0 Å². The fourth-order valence-corrected chi connectivity index (χ4v) is 1.76. The van der Waals surface area contributed by atoms with Crippen molar-refractivity contribution >= 4 is 11.7 Å². The minimum atomic E-state index is -0.420. The van der Waals surface area contributed by atoms with Gasteiger partial charge in [-0.3, -0.25) is 0 Å². The van der Waals surface area contributed by atoms with Gasteiger partial charge in [-0.25, -0.2) is 9.78 Å². The Balaban J connectivity index is 2.29. The van der Waals surface area contributed by atoms with Crippen molar-refractivity contribution in [3.05, 3.63) is 47.2 Å². The number of esters is 1. The maximum absolute atomic E-state index is 11.5. The standard InChI is InChI=1S/C15H16N2O3/c1-9-4-6-12(16)13(8-9)20-14-7-5-11(10(2)17-14)15(18)19-3/h4-8H,16H2,1-3H3. The van der Waals surface area contributed by atoms with Gasteiger partial charge >= 0.3 is 5.97 Å². The van der Waals surface area contributed by atoms with Crippen LogP contribution < -0.4 is 10.5 Å². The van der Waals surface area contributed by atoms with Crippen LogP contribution >= 0.6 is 0 Å². The molecule has 2 aromatic rings. The number of aromatic nitrogens is 1. The van der Waals surface area contributed by atoms with Crippen LogP contribution in [0.5, 0.6) is 11.6 Å². The average molecular weight is 272 g/mol. The lowest BCUT2D eigenvalue weighted by molar-refractivity contribution is 0.0599. The van der Waals surface area contributed by atoms with Gasteiger partial charge in [0.1, 0.15) is 0 Å². The number of carbonyl (C=O) groups is 1. The number of nitrogens with two attached hydrogens (primary N) is 1. The van der Waals surface area contributed by atoms with Gasteiger partial charge in [0.25, 0.3) is 0 Å². The molecule has 104 valence electrons. The molecule has 0 atom stereocenters. The SMILES string of the molecule is COC(=O)c1ccc(Oc2cc(C)ccc2N)nc1C. The van der Waals surface area contributed by atoms with E-state index in [1.165, 1.54) is 7.11 Å². The van der Waals surface area contributed by atoms with Gasteiger partial charge < -0.3 is 15.2 Å². The molecule has 2 rings (SSSR count). The van der Waals surface area contributed by atoms with Gasteiger partial charge in [0.2, 0.25) is 5.88 Å². The number of aryl methyl sites for hydroxylation is 2. The van der Waals surface area contributed by atoms with Crippen molar-refractivity contribution in [3.63, 3.8) is 0 Å². The number of anilines is 1. The molecule has 1 heterocycles. The third-order valence-corrected chi connectivity index (χ3v) is 2.85. The van der Waals surface area contributed by atoms with Crippen LogP contribution in [0.2, 0.25) is 0 Å². The number of hydrogen-bond acceptors (Lipinski definition) is 5. The van der Waals surface area contributed by atoms with Crippen molar-refractivity contribution in [2.45, 2.75) is 13.8 Å². The van der Waals surface area contributed by atoms with Gasteiger partial charge in [0, 0.05) is 6.07 Å². The molecule has 0 aliphatic rings. The lowest BCUT2D eigenvalue weighted by atomic mass is 10.2. The minimum absolute atomic E-state index is 0.382. The van der Waals surface area contributed by atoms with Crippen LogP contribution in [-0.4, -0.2) is 18.1 Å². The molecule has 0 aliphatic heterocycles. The summed E-state index contributed by atoms with van der Waals surface area (Å²) in [5, 5.41) is 0. The first-order valence-electron chi connectivity index (χ1n) is 6.11. The van der Waals surface area contributed by atoms with Crippen molar-refractivity contribution in [1.29, 1.82) is 0 Å². The molecular weight excluding hydrogens is 256 g/mol. The van der Waals surface area contributed by atoms with Gasteiger partial charge in [-0.2, -0.15) is 0 Å². The highest BCUT2D eigenvalue weighted by atomic mass is 16.5. The van der Waals surface area contributed by atoms with Crippen molar-refractivity contribution in [2.24, 2.45) is 0 Å². The molecule has 5 heteroatoms. The van der Waals surface area contributed by atoms with Crippen LogP contribution in [0.4, 0.5) is 5.69 Å². The number of methoxy groups -OCH3 is 1. The van der Waals surface area contributed by atoms with Gasteiger partial charge in [0.05, 0.1) is 24.1 Å². The van der Waals surface area contributed by atoms with Crippen molar-refractivity contribution in [3.8, 4) is 11.6 Å². The van der Waals surface area contributed by atoms with Gasteiger partial charge in [-0.1, -0.05) is 6.07 Å². The Labute approximate surface area is 117 Å². The first-order chi connectivity index (χ1) is 9.51. The summed E-state index contributed by atoms with van der Waals surface area (Å²) in [6.45, 7) is 3.67. The average Bonchev–Trinajstić information content (AvgIpc) is 2.42. The second kappa shape index (κ2) is 5.61. The van der Waals surface area contributed by atoms with E-state index in [1.807, 2.05) is 19.1 Å². The number of nitrogens with zero attached hydrogens (tertiary/aromatic N) is 1. The molecular formula is C15H16N2O3. The normalized spacial score (nSPS) is 10.2. The Bertz CT molecular complexity index is 654. The number of benzene rings is 1. The third kappa shape index (κ3) is 2.88. The molecule has 5 nitrogen and oxygen atoms in total. The topological polar surface area (TPSA) is 74.4 Å². The highest BCUT2D eigenvalue weighted by Gasteiger charge is 2.12. The van der Waals surface area contributed by atoms with Crippen LogP contribution in [0.3, 0.4) is 0 Å². The molecule has 0 saturated heterocycles. The summed E-state index contributed by atoms with van der Waals surface area (Å²) in [4.78, 5) is 15.7.